The molecule has 0 aromatic carbocycles. The molecular formula is C10H10BrClN4O2S2. The van der Waals surface area contributed by atoms with Gasteiger partial charge in [0, 0.05) is 17.6 Å². The van der Waals surface area contributed by atoms with Crippen LogP contribution >= 0.6 is 38.9 Å². The molecule has 0 atom stereocenters. The predicted molar refractivity (Wildman–Crippen MR) is 83.1 cm³/mol. The van der Waals surface area contributed by atoms with E-state index in [1.165, 1.54) is 23.6 Å². The summed E-state index contributed by atoms with van der Waals surface area (Å²) in [5, 5.41) is 0.134. The van der Waals surface area contributed by atoms with Crippen molar-refractivity contribution in [3.63, 3.8) is 0 Å². The monoisotopic (exact) mass is 396 g/mol. The van der Waals surface area contributed by atoms with E-state index in [2.05, 4.69) is 31.1 Å². The van der Waals surface area contributed by atoms with Crippen LogP contribution in [0, 0.1) is 0 Å². The van der Waals surface area contributed by atoms with Gasteiger partial charge in [0.2, 0.25) is 10.0 Å². The van der Waals surface area contributed by atoms with Gasteiger partial charge in [0.25, 0.3) is 0 Å². The van der Waals surface area contributed by atoms with Crippen LogP contribution in [0.4, 0.5) is 5.82 Å². The van der Waals surface area contributed by atoms with Gasteiger partial charge < -0.3 is 5.43 Å². The Morgan fingerprint density at radius 2 is 2.20 bits per heavy atom. The Hall–Kier alpha value is -0.710. The van der Waals surface area contributed by atoms with Gasteiger partial charge in [-0.15, -0.1) is 11.3 Å². The standard InChI is InChI=1S/C10H10BrClN4O2S2/c11-9-2-1-6(19-9)4-15-20(17,18)7-3-8(12)10(16-13)14-5-7/h1-3,5,15H,4,13H2,(H,14,16). The highest BCUT2D eigenvalue weighted by atomic mass is 79.9. The van der Waals surface area contributed by atoms with Crippen LogP contribution in [-0.4, -0.2) is 13.4 Å². The quantitative estimate of drug-likeness (QED) is 0.531. The summed E-state index contributed by atoms with van der Waals surface area (Å²) in [4.78, 5) is 4.70. The van der Waals surface area contributed by atoms with Crippen LogP contribution < -0.4 is 16.0 Å². The van der Waals surface area contributed by atoms with Crippen molar-refractivity contribution in [3.8, 4) is 0 Å². The molecule has 0 saturated heterocycles. The van der Waals surface area contributed by atoms with Crippen LogP contribution in [0.25, 0.3) is 0 Å². The lowest BCUT2D eigenvalue weighted by Crippen LogP contribution is -2.23. The number of nitrogens with one attached hydrogen (secondary N) is 2. The third kappa shape index (κ3) is 3.68. The van der Waals surface area contributed by atoms with E-state index in [0.29, 0.717) is 0 Å². The molecule has 0 saturated carbocycles. The Kier molecular flexibility index (Phi) is 4.99. The van der Waals surface area contributed by atoms with E-state index < -0.39 is 10.0 Å². The van der Waals surface area contributed by atoms with Gasteiger partial charge in [-0.3, -0.25) is 0 Å². The molecule has 0 aliphatic carbocycles. The van der Waals surface area contributed by atoms with Crippen LogP contribution in [-0.2, 0) is 16.6 Å². The summed E-state index contributed by atoms with van der Waals surface area (Å²) in [6.45, 7) is 0.201. The third-order valence-electron chi connectivity index (χ3n) is 2.33. The Balaban J connectivity index is 2.15. The number of halogens is 2. The SMILES string of the molecule is NNc1ncc(S(=O)(=O)NCc2ccc(Br)s2)cc1Cl. The summed E-state index contributed by atoms with van der Waals surface area (Å²) >= 11 is 10.6. The van der Waals surface area contributed by atoms with E-state index in [4.69, 9.17) is 17.4 Å². The minimum Gasteiger partial charge on any atom is -0.307 e. The van der Waals surface area contributed by atoms with Crippen LogP contribution in [0.15, 0.2) is 33.1 Å². The second-order valence-corrected chi connectivity index (χ2v) is 8.40. The molecule has 2 aromatic heterocycles. The lowest BCUT2D eigenvalue weighted by molar-refractivity contribution is 0.581. The molecule has 20 heavy (non-hydrogen) atoms. The van der Waals surface area contributed by atoms with Crippen LogP contribution in [0.5, 0.6) is 0 Å². The van der Waals surface area contributed by atoms with E-state index in [0.717, 1.165) is 8.66 Å². The summed E-state index contributed by atoms with van der Waals surface area (Å²) in [5.74, 6) is 5.40. The summed E-state index contributed by atoms with van der Waals surface area (Å²) < 4.78 is 27.6. The highest BCUT2D eigenvalue weighted by Crippen LogP contribution is 2.24. The van der Waals surface area contributed by atoms with Gasteiger partial charge in [-0.1, -0.05) is 11.6 Å². The highest BCUT2D eigenvalue weighted by molar-refractivity contribution is 9.11. The van der Waals surface area contributed by atoms with Crippen molar-refractivity contribution in [3.05, 3.63) is 38.1 Å². The van der Waals surface area contributed by atoms with E-state index >= 15 is 0 Å². The Labute approximate surface area is 133 Å². The summed E-state index contributed by atoms with van der Waals surface area (Å²) in [7, 11) is -3.67. The fourth-order valence-electron chi connectivity index (χ4n) is 1.37. The molecule has 0 fully saturated rings. The van der Waals surface area contributed by atoms with E-state index in [-0.39, 0.29) is 22.3 Å². The van der Waals surface area contributed by atoms with Crippen molar-refractivity contribution in [2.24, 2.45) is 5.84 Å². The number of hydrazine groups is 1. The third-order valence-corrected chi connectivity index (χ3v) is 5.61. The van der Waals surface area contributed by atoms with E-state index in [1.807, 2.05) is 12.1 Å². The van der Waals surface area contributed by atoms with Gasteiger partial charge in [-0.25, -0.2) is 24.0 Å². The normalized spacial score (nSPS) is 11.6. The summed E-state index contributed by atoms with van der Waals surface area (Å²) in [6, 6.07) is 4.98. The molecule has 0 aliphatic rings. The fraction of sp³-hybridized carbons (Fsp3) is 0.100. The second kappa shape index (κ2) is 6.37. The minimum atomic E-state index is -3.67. The zero-order valence-corrected chi connectivity index (χ0v) is 13.9. The maximum atomic E-state index is 12.1. The lowest BCUT2D eigenvalue weighted by atomic mass is 10.5. The van der Waals surface area contributed by atoms with Crippen molar-refractivity contribution in [1.29, 1.82) is 0 Å². The predicted octanol–water partition coefficient (Wildman–Crippen LogP) is 2.32. The van der Waals surface area contributed by atoms with Gasteiger partial charge in [0.1, 0.15) is 4.90 Å². The van der Waals surface area contributed by atoms with Crippen molar-refractivity contribution >= 4 is 54.7 Å². The number of rotatable bonds is 5. The molecule has 2 aromatic rings. The average Bonchev–Trinajstić information content (AvgIpc) is 2.82. The maximum Gasteiger partial charge on any atom is 0.242 e. The number of anilines is 1. The smallest absolute Gasteiger partial charge is 0.242 e. The summed E-state index contributed by atoms with van der Waals surface area (Å²) in [5.41, 5.74) is 2.27. The molecule has 0 unspecified atom stereocenters. The van der Waals surface area contributed by atoms with Crippen molar-refractivity contribution < 1.29 is 8.42 Å². The molecule has 0 aliphatic heterocycles. The first-order chi connectivity index (χ1) is 9.42. The van der Waals surface area contributed by atoms with Crippen LogP contribution in [0.1, 0.15) is 4.88 Å². The Morgan fingerprint density at radius 1 is 1.45 bits per heavy atom. The number of hydrogen-bond donors (Lipinski definition) is 3. The first-order valence-electron chi connectivity index (χ1n) is 5.28. The molecule has 10 heteroatoms. The molecule has 6 nitrogen and oxygen atoms in total. The van der Waals surface area contributed by atoms with Gasteiger partial charge in [-0.2, -0.15) is 0 Å². The van der Waals surface area contributed by atoms with Crippen molar-refractivity contribution in [2.45, 2.75) is 11.4 Å². The second-order valence-electron chi connectivity index (χ2n) is 3.68. The zero-order valence-electron chi connectivity index (χ0n) is 9.93. The largest absolute Gasteiger partial charge is 0.307 e. The molecule has 2 heterocycles. The molecule has 0 spiro atoms. The van der Waals surface area contributed by atoms with Crippen LogP contribution in [0.3, 0.4) is 0 Å². The number of nitrogens with two attached hydrogens (primary N) is 1. The number of sulfonamides is 1. The van der Waals surface area contributed by atoms with Gasteiger partial charge in [0.15, 0.2) is 5.82 Å². The average molecular weight is 398 g/mol. The lowest BCUT2D eigenvalue weighted by Gasteiger charge is -2.07. The molecule has 108 valence electrons. The number of hydrogen-bond acceptors (Lipinski definition) is 6. The Morgan fingerprint density at radius 3 is 2.75 bits per heavy atom. The maximum absolute atomic E-state index is 12.1. The minimum absolute atomic E-state index is 0.0166. The van der Waals surface area contributed by atoms with Crippen molar-refractivity contribution in [1.82, 2.24) is 9.71 Å². The molecule has 0 radical (unpaired) electrons. The molecule has 0 bridgehead atoms. The first-order valence-corrected chi connectivity index (χ1v) is 8.75. The molecule has 2 rings (SSSR count). The number of aromatic nitrogens is 1. The molecular weight excluding hydrogens is 388 g/mol. The number of nitrogen functional groups attached to an aromatic ring is 1. The number of nitrogens with zero attached hydrogens (tertiary/aromatic N) is 1. The number of thiophene rings is 1. The van der Waals surface area contributed by atoms with Crippen LogP contribution in [0.2, 0.25) is 5.02 Å². The fourth-order valence-corrected chi connectivity index (χ4v) is 4.15. The van der Waals surface area contributed by atoms with Gasteiger partial charge in [0.05, 0.1) is 8.81 Å². The van der Waals surface area contributed by atoms with E-state index in [9.17, 15) is 8.42 Å². The number of pyridine rings is 1. The molecule has 0 amide bonds. The topological polar surface area (TPSA) is 97.1 Å². The van der Waals surface area contributed by atoms with Gasteiger partial charge in [-0.05, 0) is 34.1 Å². The van der Waals surface area contributed by atoms with Gasteiger partial charge >= 0.3 is 0 Å². The zero-order chi connectivity index (χ0) is 14.8. The Bertz CT molecular complexity index is 720. The highest BCUT2D eigenvalue weighted by Gasteiger charge is 2.16. The van der Waals surface area contributed by atoms with E-state index in [1.54, 1.807) is 0 Å². The molecule has 4 N–H and O–H groups in total. The first kappa shape index (κ1) is 15.7. The van der Waals surface area contributed by atoms with Crippen molar-refractivity contribution in [2.75, 3.05) is 5.43 Å². The summed E-state index contributed by atoms with van der Waals surface area (Å²) in [6.07, 6.45) is 1.19.